The number of rotatable bonds is 5. The summed E-state index contributed by atoms with van der Waals surface area (Å²) in [6.45, 7) is 0. The molecule has 0 aromatic heterocycles. The fraction of sp³-hybridized carbons (Fsp3) is 0.150. The Kier molecular flexibility index (Phi) is 5.87. The lowest BCUT2D eigenvalue weighted by molar-refractivity contribution is -0.137. The SMILES string of the molecule is CN(C)c1cccc(/C(=C\C=C\C(=O)O)c2ccc(C(F)(F)F)cc2)c1. The highest BCUT2D eigenvalue weighted by molar-refractivity contribution is 5.84. The second kappa shape index (κ2) is 7.91. The summed E-state index contributed by atoms with van der Waals surface area (Å²) in [7, 11) is 3.76. The topological polar surface area (TPSA) is 40.5 Å². The van der Waals surface area contributed by atoms with Crippen LogP contribution in [-0.4, -0.2) is 25.2 Å². The van der Waals surface area contributed by atoms with Crippen molar-refractivity contribution in [2.24, 2.45) is 0 Å². The van der Waals surface area contributed by atoms with E-state index in [2.05, 4.69) is 0 Å². The average Bonchev–Trinajstić information content (AvgIpc) is 2.58. The first-order valence-corrected chi connectivity index (χ1v) is 7.75. The lowest BCUT2D eigenvalue weighted by atomic mass is 9.96. The summed E-state index contributed by atoms with van der Waals surface area (Å²) in [5.74, 6) is -1.10. The van der Waals surface area contributed by atoms with E-state index in [1.54, 1.807) is 6.08 Å². The molecule has 0 fully saturated rings. The van der Waals surface area contributed by atoms with Crippen LogP contribution in [0.25, 0.3) is 5.57 Å². The van der Waals surface area contributed by atoms with E-state index < -0.39 is 17.7 Å². The van der Waals surface area contributed by atoms with Gasteiger partial charge in [-0.2, -0.15) is 13.2 Å². The van der Waals surface area contributed by atoms with Crippen molar-refractivity contribution in [3.05, 3.63) is 83.4 Å². The number of carboxylic acids is 1. The van der Waals surface area contributed by atoms with Gasteiger partial charge in [0, 0.05) is 25.9 Å². The molecule has 0 aliphatic carbocycles. The molecule has 0 spiro atoms. The molecule has 0 saturated heterocycles. The molecule has 0 atom stereocenters. The number of anilines is 1. The molecule has 0 radical (unpaired) electrons. The van der Waals surface area contributed by atoms with Crippen LogP contribution in [0.5, 0.6) is 0 Å². The van der Waals surface area contributed by atoms with E-state index >= 15 is 0 Å². The van der Waals surface area contributed by atoms with Gasteiger partial charge in [0.1, 0.15) is 0 Å². The molecule has 2 aromatic rings. The number of halogens is 3. The van der Waals surface area contributed by atoms with Crippen LogP contribution >= 0.6 is 0 Å². The molecule has 0 heterocycles. The van der Waals surface area contributed by atoms with E-state index in [0.717, 1.165) is 29.5 Å². The van der Waals surface area contributed by atoms with Gasteiger partial charge in [0.2, 0.25) is 0 Å². The highest BCUT2D eigenvalue weighted by atomic mass is 19.4. The summed E-state index contributed by atoms with van der Waals surface area (Å²) in [5, 5.41) is 8.76. The van der Waals surface area contributed by atoms with E-state index in [1.807, 2.05) is 43.3 Å². The van der Waals surface area contributed by atoms with E-state index in [1.165, 1.54) is 18.2 Å². The zero-order chi connectivity index (χ0) is 19.3. The van der Waals surface area contributed by atoms with Crippen molar-refractivity contribution in [1.29, 1.82) is 0 Å². The Balaban J connectivity index is 2.51. The molecular formula is C20H18F3NO2. The van der Waals surface area contributed by atoms with Crippen LogP contribution < -0.4 is 4.90 Å². The molecule has 2 rings (SSSR count). The fourth-order valence-electron chi connectivity index (χ4n) is 2.38. The summed E-state index contributed by atoms with van der Waals surface area (Å²) in [4.78, 5) is 12.6. The predicted molar refractivity (Wildman–Crippen MR) is 96.1 cm³/mol. The Morgan fingerprint density at radius 1 is 1.04 bits per heavy atom. The Bertz CT molecular complexity index is 835. The molecule has 0 aliphatic heterocycles. The van der Waals surface area contributed by atoms with Crippen LogP contribution in [0.2, 0.25) is 0 Å². The molecule has 1 N–H and O–H groups in total. The average molecular weight is 361 g/mol. The van der Waals surface area contributed by atoms with Gasteiger partial charge in [-0.05, 0) is 41.0 Å². The standard InChI is InChI=1S/C20H18F3NO2/c1-24(2)17-6-3-5-15(13-17)18(7-4-8-19(25)26)14-9-11-16(12-10-14)20(21,22)23/h3-13H,1-2H3,(H,25,26)/b8-4+,18-7-. The molecule has 0 unspecified atom stereocenters. The minimum atomic E-state index is -4.41. The highest BCUT2D eigenvalue weighted by Gasteiger charge is 2.30. The maximum atomic E-state index is 12.8. The third kappa shape index (κ3) is 4.99. The monoisotopic (exact) mass is 361 g/mol. The van der Waals surface area contributed by atoms with Crippen molar-refractivity contribution < 1.29 is 23.1 Å². The number of hydrogen-bond donors (Lipinski definition) is 1. The van der Waals surface area contributed by atoms with Gasteiger partial charge in [-0.15, -0.1) is 0 Å². The minimum Gasteiger partial charge on any atom is -0.478 e. The van der Waals surface area contributed by atoms with Gasteiger partial charge < -0.3 is 10.0 Å². The molecule has 0 bridgehead atoms. The largest absolute Gasteiger partial charge is 0.478 e. The molecule has 26 heavy (non-hydrogen) atoms. The van der Waals surface area contributed by atoms with Crippen LogP contribution in [0.3, 0.4) is 0 Å². The first-order valence-electron chi connectivity index (χ1n) is 7.75. The Morgan fingerprint density at radius 2 is 1.69 bits per heavy atom. The third-order valence-corrected chi connectivity index (χ3v) is 3.70. The summed E-state index contributed by atoms with van der Waals surface area (Å²) < 4.78 is 38.3. The van der Waals surface area contributed by atoms with Crippen molar-refractivity contribution in [3.8, 4) is 0 Å². The maximum Gasteiger partial charge on any atom is 0.416 e. The first kappa shape index (κ1) is 19.3. The van der Waals surface area contributed by atoms with Crippen molar-refractivity contribution in [2.75, 3.05) is 19.0 Å². The van der Waals surface area contributed by atoms with Gasteiger partial charge in [-0.25, -0.2) is 4.79 Å². The molecular weight excluding hydrogens is 343 g/mol. The fourth-order valence-corrected chi connectivity index (χ4v) is 2.38. The number of alkyl halides is 3. The summed E-state index contributed by atoms with van der Waals surface area (Å²) in [6.07, 6.45) is -0.501. The van der Waals surface area contributed by atoms with Gasteiger partial charge in [0.15, 0.2) is 0 Å². The van der Waals surface area contributed by atoms with Crippen molar-refractivity contribution in [2.45, 2.75) is 6.18 Å². The number of aliphatic carboxylic acids is 1. The summed E-state index contributed by atoms with van der Waals surface area (Å²) >= 11 is 0. The Hall–Kier alpha value is -3.02. The Labute approximate surface area is 149 Å². The van der Waals surface area contributed by atoms with Gasteiger partial charge in [0.05, 0.1) is 5.56 Å². The number of hydrogen-bond acceptors (Lipinski definition) is 2. The number of carboxylic acid groups (broad SMARTS) is 1. The van der Waals surface area contributed by atoms with Crippen LogP contribution in [0, 0.1) is 0 Å². The maximum absolute atomic E-state index is 12.8. The lowest BCUT2D eigenvalue weighted by Crippen LogP contribution is -2.08. The van der Waals surface area contributed by atoms with Crippen LogP contribution in [0.1, 0.15) is 16.7 Å². The van der Waals surface area contributed by atoms with E-state index in [-0.39, 0.29) is 0 Å². The van der Waals surface area contributed by atoms with Gasteiger partial charge in [-0.3, -0.25) is 0 Å². The minimum absolute atomic E-state index is 0.559. The van der Waals surface area contributed by atoms with Gasteiger partial charge >= 0.3 is 12.1 Å². The smallest absolute Gasteiger partial charge is 0.416 e. The molecule has 3 nitrogen and oxygen atoms in total. The number of carbonyl (C=O) groups is 1. The van der Waals surface area contributed by atoms with Crippen LogP contribution in [0.4, 0.5) is 18.9 Å². The normalized spacial score (nSPS) is 12.4. The molecule has 2 aromatic carbocycles. The number of benzene rings is 2. The summed E-state index contributed by atoms with van der Waals surface area (Å²) in [5.41, 5.74) is 2.14. The first-order chi connectivity index (χ1) is 12.2. The zero-order valence-electron chi connectivity index (χ0n) is 14.3. The van der Waals surface area contributed by atoms with Gasteiger partial charge in [0.25, 0.3) is 0 Å². The Morgan fingerprint density at radius 3 is 2.23 bits per heavy atom. The quantitative estimate of drug-likeness (QED) is 0.612. The van der Waals surface area contributed by atoms with Crippen molar-refractivity contribution in [1.82, 2.24) is 0 Å². The zero-order valence-corrected chi connectivity index (χ0v) is 14.3. The van der Waals surface area contributed by atoms with E-state index in [4.69, 9.17) is 5.11 Å². The number of allylic oxidation sites excluding steroid dienone is 2. The molecule has 0 aliphatic rings. The lowest BCUT2D eigenvalue weighted by Gasteiger charge is -2.15. The molecule has 0 amide bonds. The predicted octanol–water partition coefficient (Wildman–Crippen LogP) is 4.84. The van der Waals surface area contributed by atoms with Crippen molar-refractivity contribution >= 4 is 17.2 Å². The highest BCUT2D eigenvalue weighted by Crippen LogP contribution is 2.32. The summed E-state index contributed by atoms with van der Waals surface area (Å²) in [6, 6.07) is 12.2. The van der Waals surface area contributed by atoms with Crippen LogP contribution in [-0.2, 0) is 11.0 Å². The van der Waals surface area contributed by atoms with Gasteiger partial charge in [-0.1, -0.05) is 36.4 Å². The third-order valence-electron chi connectivity index (χ3n) is 3.70. The molecule has 0 saturated carbocycles. The second-order valence-corrected chi connectivity index (χ2v) is 5.80. The second-order valence-electron chi connectivity index (χ2n) is 5.80. The van der Waals surface area contributed by atoms with Crippen molar-refractivity contribution in [3.63, 3.8) is 0 Å². The molecule has 136 valence electrons. The number of nitrogens with zero attached hydrogens (tertiary/aromatic N) is 1. The van der Waals surface area contributed by atoms with E-state index in [9.17, 15) is 18.0 Å². The van der Waals surface area contributed by atoms with Crippen LogP contribution in [0.15, 0.2) is 66.8 Å². The van der Waals surface area contributed by atoms with E-state index in [0.29, 0.717) is 11.1 Å². The molecule has 6 heteroatoms.